The van der Waals surface area contributed by atoms with E-state index in [1.54, 1.807) is 20.8 Å². The highest BCUT2D eigenvalue weighted by molar-refractivity contribution is 6.31. The van der Waals surface area contributed by atoms with Gasteiger partial charge in [-0.3, -0.25) is 4.79 Å². The molecule has 0 spiro atoms. The van der Waals surface area contributed by atoms with Crippen LogP contribution in [0.1, 0.15) is 26.3 Å². The fourth-order valence-electron chi connectivity index (χ4n) is 4.33. The van der Waals surface area contributed by atoms with Gasteiger partial charge in [0.25, 0.3) is 0 Å². The predicted octanol–water partition coefficient (Wildman–Crippen LogP) is 3.76. The Morgan fingerprint density at radius 3 is 2.43 bits per heavy atom. The van der Waals surface area contributed by atoms with Gasteiger partial charge >= 0.3 is 6.09 Å². The van der Waals surface area contributed by atoms with E-state index in [1.807, 2.05) is 41.3 Å². The number of amides is 2. The molecular weight excluding hydrogens is 492 g/mol. The summed E-state index contributed by atoms with van der Waals surface area (Å²) in [6.45, 7) is 9.68. The average Bonchev–Trinajstić information content (AvgIpc) is 2.96. The molecule has 0 radical (unpaired) electrons. The summed E-state index contributed by atoms with van der Waals surface area (Å²) in [6.07, 6.45) is -0.511. The van der Waals surface area contributed by atoms with Crippen molar-refractivity contribution >= 4 is 46.5 Å². The van der Waals surface area contributed by atoms with Crippen molar-refractivity contribution in [1.82, 2.24) is 20.4 Å². The fourth-order valence-corrected chi connectivity index (χ4v) is 4.49. The minimum atomic E-state index is -0.575. The zero-order valence-corrected chi connectivity index (χ0v) is 22.6. The smallest absolute Gasteiger partial charge is 0.407 e. The minimum Gasteiger partial charge on any atom is -0.444 e. The van der Waals surface area contributed by atoms with E-state index in [1.165, 1.54) is 0 Å². The Morgan fingerprint density at radius 1 is 1.00 bits per heavy atom. The molecule has 0 aliphatic carbocycles. The second-order valence-electron chi connectivity index (χ2n) is 10.2. The zero-order chi connectivity index (χ0) is 26.6. The van der Waals surface area contributed by atoms with Crippen LogP contribution >= 0.6 is 11.6 Å². The number of carbonyl (C=O) groups excluding carboxylic acids is 2. The number of fused-ring (bicyclic) bond motifs is 2. The molecule has 0 atom stereocenters. The van der Waals surface area contributed by atoms with Crippen LogP contribution in [0.25, 0.3) is 0 Å². The number of rotatable bonds is 5. The van der Waals surface area contributed by atoms with Crippen molar-refractivity contribution in [1.29, 1.82) is 0 Å². The number of anilines is 2. The fraction of sp³-hybridized carbons (Fsp3) is 0.444. The van der Waals surface area contributed by atoms with Gasteiger partial charge in [0, 0.05) is 49.9 Å². The van der Waals surface area contributed by atoms with Crippen molar-refractivity contribution in [2.45, 2.75) is 26.4 Å². The molecule has 2 heterocycles. The van der Waals surface area contributed by atoms with Crippen molar-refractivity contribution in [3.63, 3.8) is 0 Å². The second-order valence-corrected chi connectivity index (χ2v) is 10.7. The largest absolute Gasteiger partial charge is 0.444 e. The molecule has 2 amide bonds. The molecular formula is C27H35ClN6O3. The van der Waals surface area contributed by atoms with Gasteiger partial charge in [-0.1, -0.05) is 23.7 Å². The SMILES string of the molecule is CN1CCN(C2=Nc3cc(Cl)ccc3N(CC(=O)NCCNC(=O)OC(C)(C)C)c3ccccc32)CC1. The number of carbonyl (C=O) groups is 2. The minimum absolute atomic E-state index is 0.0869. The number of hydrogen-bond donors (Lipinski definition) is 2. The lowest BCUT2D eigenvalue weighted by Gasteiger charge is -2.35. The van der Waals surface area contributed by atoms with Crippen molar-refractivity contribution in [3.8, 4) is 0 Å². The normalized spacial score (nSPS) is 15.8. The number of halogens is 1. The first kappa shape index (κ1) is 26.8. The van der Waals surface area contributed by atoms with Crippen LogP contribution < -0.4 is 15.5 Å². The molecule has 0 unspecified atom stereocenters. The van der Waals surface area contributed by atoms with Crippen LogP contribution in [0.2, 0.25) is 5.02 Å². The van der Waals surface area contributed by atoms with E-state index in [-0.39, 0.29) is 25.5 Å². The zero-order valence-electron chi connectivity index (χ0n) is 21.9. The van der Waals surface area contributed by atoms with Crippen LogP contribution in [0.5, 0.6) is 0 Å². The molecule has 10 heteroatoms. The molecule has 198 valence electrons. The Bertz CT molecular complexity index is 1170. The summed E-state index contributed by atoms with van der Waals surface area (Å²) in [6, 6.07) is 13.6. The molecule has 2 aliphatic heterocycles. The van der Waals surface area contributed by atoms with E-state index in [0.717, 1.165) is 54.6 Å². The van der Waals surface area contributed by atoms with Crippen LogP contribution in [0, 0.1) is 0 Å². The first-order valence-corrected chi connectivity index (χ1v) is 12.9. The number of ether oxygens (including phenoxy) is 1. The molecule has 0 saturated carbocycles. The quantitative estimate of drug-likeness (QED) is 0.577. The number of alkyl carbamates (subject to hydrolysis) is 1. The van der Waals surface area contributed by atoms with Crippen molar-refractivity contribution < 1.29 is 14.3 Å². The molecule has 9 nitrogen and oxygen atoms in total. The van der Waals surface area contributed by atoms with Gasteiger partial charge in [0.2, 0.25) is 5.91 Å². The van der Waals surface area contributed by atoms with Crippen LogP contribution in [-0.4, -0.2) is 86.1 Å². The third-order valence-electron chi connectivity index (χ3n) is 6.11. The van der Waals surface area contributed by atoms with Gasteiger partial charge in [-0.2, -0.15) is 0 Å². The molecule has 1 fully saturated rings. The lowest BCUT2D eigenvalue weighted by molar-refractivity contribution is -0.119. The van der Waals surface area contributed by atoms with E-state index < -0.39 is 11.7 Å². The maximum Gasteiger partial charge on any atom is 0.407 e. The van der Waals surface area contributed by atoms with Crippen LogP contribution in [0.15, 0.2) is 47.5 Å². The number of aliphatic imine (C=N–C) groups is 1. The van der Waals surface area contributed by atoms with Gasteiger partial charge in [-0.15, -0.1) is 0 Å². The van der Waals surface area contributed by atoms with E-state index >= 15 is 0 Å². The molecule has 2 aromatic rings. The molecule has 2 aromatic carbocycles. The first-order valence-electron chi connectivity index (χ1n) is 12.5. The summed E-state index contributed by atoms with van der Waals surface area (Å²) in [7, 11) is 2.12. The topological polar surface area (TPSA) is 89.5 Å². The summed E-state index contributed by atoms with van der Waals surface area (Å²) >= 11 is 6.37. The van der Waals surface area contributed by atoms with Gasteiger partial charge in [0.1, 0.15) is 18.0 Å². The van der Waals surface area contributed by atoms with E-state index in [0.29, 0.717) is 5.02 Å². The van der Waals surface area contributed by atoms with Crippen molar-refractivity contribution in [3.05, 3.63) is 53.1 Å². The molecule has 1 saturated heterocycles. The number of nitrogens with one attached hydrogen (secondary N) is 2. The third-order valence-corrected chi connectivity index (χ3v) is 6.35. The number of hydrogen-bond acceptors (Lipinski definition) is 7. The molecule has 37 heavy (non-hydrogen) atoms. The maximum absolute atomic E-state index is 13.0. The predicted molar refractivity (Wildman–Crippen MR) is 147 cm³/mol. The number of likely N-dealkylation sites (N-methyl/N-ethyl adjacent to an activating group) is 1. The van der Waals surface area contributed by atoms with E-state index in [2.05, 4.69) is 33.5 Å². The van der Waals surface area contributed by atoms with Crippen molar-refractivity contribution in [2.24, 2.45) is 4.99 Å². The molecule has 4 rings (SSSR count). The van der Waals surface area contributed by atoms with Gasteiger partial charge in [-0.05, 0) is 58.2 Å². The summed E-state index contributed by atoms with van der Waals surface area (Å²) in [5.74, 6) is 0.710. The Labute approximate surface area is 223 Å². The Morgan fingerprint density at radius 2 is 1.70 bits per heavy atom. The Hall–Kier alpha value is -3.30. The Kier molecular flexibility index (Phi) is 8.24. The lowest BCUT2D eigenvalue weighted by Crippen LogP contribution is -2.47. The highest BCUT2D eigenvalue weighted by Crippen LogP contribution is 2.41. The van der Waals surface area contributed by atoms with E-state index in [4.69, 9.17) is 21.3 Å². The third kappa shape index (κ3) is 6.93. The summed E-state index contributed by atoms with van der Waals surface area (Å²) in [5.41, 5.74) is 2.83. The van der Waals surface area contributed by atoms with Gasteiger partial charge in [0.15, 0.2) is 0 Å². The van der Waals surface area contributed by atoms with E-state index in [9.17, 15) is 9.59 Å². The molecule has 0 bridgehead atoms. The van der Waals surface area contributed by atoms with Gasteiger partial charge < -0.3 is 30.1 Å². The monoisotopic (exact) mass is 526 g/mol. The standard InChI is InChI=1S/C27H35ClN6O3/c1-27(2,3)37-26(36)30-12-11-29-24(35)18-34-22-8-6-5-7-20(22)25(33-15-13-32(4)14-16-33)31-21-17-19(28)9-10-23(21)34/h5-10,17H,11-16,18H2,1-4H3,(H,29,35)(H,30,36). The summed E-state index contributed by atoms with van der Waals surface area (Å²) in [4.78, 5) is 36.5. The molecule has 0 aromatic heterocycles. The highest BCUT2D eigenvalue weighted by atomic mass is 35.5. The number of para-hydroxylation sites is 1. The summed E-state index contributed by atoms with van der Waals surface area (Å²) in [5, 5.41) is 6.14. The summed E-state index contributed by atoms with van der Waals surface area (Å²) < 4.78 is 5.23. The van der Waals surface area contributed by atoms with Gasteiger partial charge in [0.05, 0.1) is 17.1 Å². The average molecular weight is 527 g/mol. The number of piperazine rings is 1. The molecule has 2 aliphatic rings. The second kappa shape index (κ2) is 11.4. The number of benzene rings is 2. The first-order chi connectivity index (χ1) is 17.6. The molecule has 2 N–H and O–H groups in total. The maximum atomic E-state index is 13.0. The lowest BCUT2D eigenvalue weighted by atomic mass is 10.1. The highest BCUT2D eigenvalue weighted by Gasteiger charge is 2.28. The van der Waals surface area contributed by atoms with Crippen LogP contribution in [0.4, 0.5) is 21.9 Å². The number of amidine groups is 1. The van der Waals surface area contributed by atoms with Crippen LogP contribution in [0.3, 0.4) is 0 Å². The van der Waals surface area contributed by atoms with Crippen molar-refractivity contribution in [2.75, 3.05) is 57.8 Å². The van der Waals surface area contributed by atoms with Crippen LogP contribution in [-0.2, 0) is 9.53 Å². The number of nitrogens with zero attached hydrogens (tertiary/aromatic N) is 4. The van der Waals surface area contributed by atoms with Gasteiger partial charge in [-0.25, -0.2) is 9.79 Å². The Balaban J connectivity index is 1.53.